The van der Waals surface area contributed by atoms with E-state index in [1.807, 2.05) is 0 Å². The number of nitrogens with one attached hydrogen (secondary N) is 1. The van der Waals surface area contributed by atoms with Gasteiger partial charge in [0.25, 0.3) is 11.8 Å². The lowest BCUT2D eigenvalue weighted by Gasteiger charge is -2.47. The number of carbonyl (C=O) groups excluding carboxylic acids is 1. The molecule has 1 aromatic carbocycles. The fourth-order valence-electron chi connectivity index (χ4n) is 2.85. The Labute approximate surface area is 131 Å². The minimum Gasteiger partial charge on any atom is -0.495 e. The van der Waals surface area contributed by atoms with Gasteiger partial charge in [0.1, 0.15) is 11.3 Å². The Bertz CT molecular complexity index is 624. The van der Waals surface area contributed by atoms with Crippen molar-refractivity contribution >= 4 is 11.9 Å². The van der Waals surface area contributed by atoms with Crippen molar-refractivity contribution in [1.82, 2.24) is 5.32 Å². The molecule has 2 rings (SSSR count). The summed E-state index contributed by atoms with van der Waals surface area (Å²) in [5.74, 6) is -4.90. The maximum absolute atomic E-state index is 13.2. The van der Waals surface area contributed by atoms with Gasteiger partial charge in [-0.15, -0.1) is 0 Å². The van der Waals surface area contributed by atoms with E-state index >= 15 is 0 Å². The van der Waals surface area contributed by atoms with Crippen molar-refractivity contribution in [3.8, 4) is 5.75 Å². The first-order valence-corrected chi connectivity index (χ1v) is 6.83. The van der Waals surface area contributed by atoms with Crippen LogP contribution in [0.3, 0.4) is 0 Å². The highest BCUT2D eigenvalue weighted by Gasteiger charge is 2.57. The smallest absolute Gasteiger partial charge is 0.339 e. The third-order valence-electron chi connectivity index (χ3n) is 3.69. The van der Waals surface area contributed by atoms with Gasteiger partial charge in [-0.1, -0.05) is 6.07 Å². The summed E-state index contributed by atoms with van der Waals surface area (Å²) < 4.78 is 36.4. The van der Waals surface area contributed by atoms with E-state index in [-0.39, 0.29) is 23.5 Å². The normalized spacial score (nSPS) is 17.9. The summed E-state index contributed by atoms with van der Waals surface area (Å²) in [6.45, 7) is -0.0603. The largest absolute Gasteiger partial charge is 0.495 e. The van der Waals surface area contributed by atoms with Crippen LogP contribution in [0.25, 0.3) is 0 Å². The molecule has 0 spiro atoms. The predicted molar refractivity (Wildman–Crippen MR) is 76.2 cm³/mol. The fraction of sp³-hybridized carbons (Fsp3) is 0.467. The van der Waals surface area contributed by atoms with Crippen molar-refractivity contribution < 1.29 is 33.0 Å². The van der Waals surface area contributed by atoms with Crippen LogP contribution in [0.2, 0.25) is 0 Å². The Kier molecular flexibility index (Phi) is 4.56. The van der Waals surface area contributed by atoms with Crippen LogP contribution in [-0.4, -0.2) is 49.3 Å². The highest BCUT2D eigenvalue weighted by Crippen LogP contribution is 2.46. The number of benzene rings is 1. The standard InChI is InChI=1S/C15H17F2NO5/c1-22-8-14(6-15(16,17)7-14)18-12(19)9-4-3-5-10(13(20)21)11(9)23-2/h3-5H,6-8H2,1-2H3,(H,18,19)(H,20,21). The highest BCUT2D eigenvalue weighted by atomic mass is 19.3. The number of amides is 1. The van der Waals surface area contributed by atoms with Gasteiger partial charge >= 0.3 is 5.97 Å². The molecule has 23 heavy (non-hydrogen) atoms. The van der Waals surface area contributed by atoms with Gasteiger partial charge < -0.3 is 19.9 Å². The molecule has 0 saturated heterocycles. The summed E-state index contributed by atoms with van der Waals surface area (Å²) in [6.07, 6.45) is -1.05. The molecular formula is C15H17F2NO5. The number of carboxylic acid groups (broad SMARTS) is 1. The van der Waals surface area contributed by atoms with Crippen LogP contribution in [0.4, 0.5) is 8.78 Å². The topological polar surface area (TPSA) is 84.9 Å². The maximum Gasteiger partial charge on any atom is 0.339 e. The van der Waals surface area contributed by atoms with Gasteiger partial charge in [0, 0.05) is 20.0 Å². The van der Waals surface area contributed by atoms with Crippen LogP contribution in [0.1, 0.15) is 33.6 Å². The maximum atomic E-state index is 13.2. The number of ether oxygens (including phenoxy) is 2. The average molecular weight is 329 g/mol. The molecule has 0 bridgehead atoms. The van der Waals surface area contributed by atoms with Crippen LogP contribution in [0, 0.1) is 0 Å². The number of aromatic carboxylic acids is 1. The van der Waals surface area contributed by atoms with Crippen LogP contribution in [0.5, 0.6) is 5.75 Å². The monoisotopic (exact) mass is 329 g/mol. The van der Waals surface area contributed by atoms with Gasteiger partial charge in [-0.25, -0.2) is 13.6 Å². The third-order valence-corrected chi connectivity index (χ3v) is 3.69. The predicted octanol–water partition coefficient (Wildman–Crippen LogP) is 1.94. The summed E-state index contributed by atoms with van der Waals surface area (Å²) in [5.41, 5.74) is -1.38. The molecule has 1 aliphatic carbocycles. The molecular weight excluding hydrogens is 312 g/mol. The third kappa shape index (κ3) is 3.42. The molecule has 0 heterocycles. The minimum absolute atomic E-state index is 0.0295. The average Bonchev–Trinajstić information content (AvgIpc) is 2.44. The van der Waals surface area contributed by atoms with Crippen LogP contribution < -0.4 is 10.1 Å². The SMILES string of the molecule is COCC1(NC(=O)c2cccc(C(=O)O)c2OC)CC(F)(F)C1. The van der Waals surface area contributed by atoms with Crippen molar-refractivity contribution in [2.45, 2.75) is 24.3 Å². The molecule has 1 amide bonds. The van der Waals surface area contributed by atoms with Gasteiger partial charge in [0.05, 0.1) is 24.8 Å². The number of carboxylic acids is 1. The molecule has 1 saturated carbocycles. The lowest BCUT2D eigenvalue weighted by Crippen LogP contribution is -2.64. The molecule has 0 radical (unpaired) electrons. The van der Waals surface area contributed by atoms with Gasteiger partial charge in [-0.3, -0.25) is 4.79 Å². The number of hydrogen-bond acceptors (Lipinski definition) is 4. The number of methoxy groups -OCH3 is 2. The molecule has 8 heteroatoms. The van der Waals surface area contributed by atoms with E-state index in [9.17, 15) is 18.4 Å². The summed E-state index contributed by atoms with van der Waals surface area (Å²) in [4.78, 5) is 23.6. The Balaban J connectivity index is 2.27. The minimum atomic E-state index is -2.85. The molecule has 1 fully saturated rings. The van der Waals surface area contributed by atoms with Crippen LogP contribution >= 0.6 is 0 Å². The molecule has 1 aromatic rings. The zero-order valence-electron chi connectivity index (χ0n) is 12.7. The molecule has 2 N–H and O–H groups in total. The van der Waals surface area contributed by atoms with Crippen molar-refractivity contribution in [3.05, 3.63) is 29.3 Å². The van der Waals surface area contributed by atoms with E-state index in [0.717, 1.165) is 0 Å². The van der Waals surface area contributed by atoms with E-state index in [4.69, 9.17) is 14.6 Å². The zero-order valence-corrected chi connectivity index (χ0v) is 12.7. The summed E-state index contributed by atoms with van der Waals surface area (Å²) >= 11 is 0. The van der Waals surface area contributed by atoms with Crippen molar-refractivity contribution in [2.75, 3.05) is 20.8 Å². The Morgan fingerprint density at radius 3 is 2.35 bits per heavy atom. The Morgan fingerprint density at radius 1 is 1.26 bits per heavy atom. The Hall–Kier alpha value is -2.22. The van der Waals surface area contributed by atoms with Gasteiger partial charge in [0.2, 0.25) is 0 Å². The molecule has 0 unspecified atom stereocenters. The second-order valence-electron chi connectivity index (χ2n) is 5.57. The van der Waals surface area contributed by atoms with Gasteiger partial charge in [-0.05, 0) is 12.1 Å². The van der Waals surface area contributed by atoms with E-state index in [1.54, 1.807) is 0 Å². The fourth-order valence-corrected chi connectivity index (χ4v) is 2.85. The summed E-state index contributed by atoms with van der Waals surface area (Å²) in [5, 5.41) is 11.6. The van der Waals surface area contributed by atoms with Crippen LogP contribution in [-0.2, 0) is 4.74 Å². The van der Waals surface area contributed by atoms with Crippen molar-refractivity contribution in [1.29, 1.82) is 0 Å². The lowest BCUT2D eigenvalue weighted by atomic mass is 9.73. The molecule has 126 valence electrons. The second kappa shape index (κ2) is 6.11. The van der Waals surface area contributed by atoms with E-state index in [2.05, 4.69) is 5.32 Å². The van der Waals surface area contributed by atoms with E-state index in [0.29, 0.717) is 0 Å². The first-order valence-electron chi connectivity index (χ1n) is 6.83. The summed E-state index contributed by atoms with van der Waals surface area (Å²) in [6, 6.07) is 4.05. The number of halogens is 2. The number of rotatable bonds is 6. The number of para-hydroxylation sites is 1. The van der Waals surface area contributed by atoms with E-state index in [1.165, 1.54) is 32.4 Å². The molecule has 0 aromatic heterocycles. The zero-order chi connectivity index (χ0) is 17.3. The number of hydrogen-bond donors (Lipinski definition) is 2. The summed E-state index contributed by atoms with van der Waals surface area (Å²) in [7, 11) is 2.59. The first-order chi connectivity index (χ1) is 10.7. The number of alkyl halides is 2. The lowest BCUT2D eigenvalue weighted by molar-refractivity contribution is -0.146. The molecule has 1 aliphatic rings. The second-order valence-corrected chi connectivity index (χ2v) is 5.57. The molecule has 0 aliphatic heterocycles. The highest BCUT2D eigenvalue weighted by molar-refractivity contribution is 6.02. The first kappa shape index (κ1) is 17.1. The van der Waals surface area contributed by atoms with Crippen molar-refractivity contribution in [2.24, 2.45) is 0 Å². The Morgan fingerprint density at radius 2 is 1.87 bits per heavy atom. The van der Waals surface area contributed by atoms with Crippen LogP contribution in [0.15, 0.2) is 18.2 Å². The van der Waals surface area contributed by atoms with Gasteiger partial charge in [-0.2, -0.15) is 0 Å². The molecule has 6 nitrogen and oxygen atoms in total. The van der Waals surface area contributed by atoms with E-state index < -0.39 is 36.2 Å². The number of carbonyl (C=O) groups is 2. The van der Waals surface area contributed by atoms with Gasteiger partial charge in [0.15, 0.2) is 0 Å². The van der Waals surface area contributed by atoms with Crippen molar-refractivity contribution in [3.63, 3.8) is 0 Å². The molecule has 0 atom stereocenters. The quantitative estimate of drug-likeness (QED) is 0.833.